The van der Waals surface area contributed by atoms with E-state index in [4.69, 9.17) is 0 Å². The van der Waals surface area contributed by atoms with Crippen molar-refractivity contribution < 1.29 is 14.4 Å². The van der Waals surface area contributed by atoms with E-state index in [0.29, 0.717) is 27.5 Å². The van der Waals surface area contributed by atoms with Crippen LogP contribution in [0.25, 0.3) is 0 Å². The summed E-state index contributed by atoms with van der Waals surface area (Å²) in [5.74, 6) is -1.13. The van der Waals surface area contributed by atoms with Gasteiger partial charge in [-0.15, -0.1) is 11.3 Å². The van der Waals surface area contributed by atoms with Gasteiger partial charge < -0.3 is 0 Å². The van der Waals surface area contributed by atoms with E-state index >= 15 is 0 Å². The summed E-state index contributed by atoms with van der Waals surface area (Å²) in [5, 5.41) is 3.22. The Bertz CT molecular complexity index is 1020. The van der Waals surface area contributed by atoms with Gasteiger partial charge in [-0.2, -0.15) is 0 Å². The van der Waals surface area contributed by atoms with E-state index in [0.717, 1.165) is 9.78 Å². The minimum atomic E-state index is -0.390. The highest BCUT2D eigenvalue weighted by Crippen LogP contribution is 2.29. The third-order valence-corrected chi connectivity index (χ3v) is 4.83. The number of aryl methyl sites for hydroxylation is 1. The first-order valence-electron chi connectivity index (χ1n) is 7.86. The second kappa shape index (κ2) is 6.20. The molecule has 128 valence electrons. The van der Waals surface area contributed by atoms with Crippen LogP contribution in [0.15, 0.2) is 54.7 Å². The van der Waals surface area contributed by atoms with Crippen LogP contribution in [-0.4, -0.2) is 22.7 Å². The molecule has 3 amide bonds. The standard InChI is InChI=1S/C19H13N3O3S/c1-11-10-20-19(26-11)21-16(23)12-5-4-6-13(9-12)22-17(24)14-7-2-3-8-15(14)18(22)25/h2-10H,1H3,(H,20,21,23). The molecule has 26 heavy (non-hydrogen) atoms. The average molecular weight is 363 g/mol. The molecule has 1 aliphatic rings. The number of fused-ring (bicyclic) bond motifs is 1. The van der Waals surface area contributed by atoms with Crippen molar-refractivity contribution in [2.24, 2.45) is 0 Å². The smallest absolute Gasteiger partial charge is 0.266 e. The first-order valence-corrected chi connectivity index (χ1v) is 8.68. The van der Waals surface area contributed by atoms with Crippen molar-refractivity contribution in [2.45, 2.75) is 6.92 Å². The van der Waals surface area contributed by atoms with E-state index in [1.54, 1.807) is 48.7 Å². The first-order chi connectivity index (χ1) is 12.5. The minimum Gasteiger partial charge on any atom is -0.298 e. The number of amides is 3. The predicted octanol–water partition coefficient (Wildman–Crippen LogP) is 3.50. The number of carbonyl (C=O) groups excluding carboxylic acids is 3. The van der Waals surface area contributed by atoms with E-state index in [9.17, 15) is 14.4 Å². The molecule has 7 heteroatoms. The number of nitrogens with one attached hydrogen (secondary N) is 1. The molecule has 0 spiro atoms. The number of anilines is 2. The van der Waals surface area contributed by atoms with Gasteiger partial charge in [0.15, 0.2) is 5.13 Å². The summed E-state index contributed by atoms with van der Waals surface area (Å²) in [6.45, 7) is 1.90. The molecular weight excluding hydrogens is 350 g/mol. The molecule has 0 atom stereocenters. The van der Waals surface area contributed by atoms with Gasteiger partial charge in [0.05, 0.1) is 16.8 Å². The molecule has 1 aromatic heterocycles. The summed E-state index contributed by atoms with van der Waals surface area (Å²) in [4.78, 5) is 43.8. The Labute approximate surface area is 153 Å². The normalized spacial score (nSPS) is 13.0. The fourth-order valence-corrected chi connectivity index (χ4v) is 3.45. The maximum Gasteiger partial charge on any atom is 0.266 e. The Balaban J connectivity index is 1.63. The molecule has 1 aliphatic heterocycles. The summed E-state index contributed by atoms with van der Waals surface area (Å²) in [6.07, 6.45) is 1.68. The Morgan fingerprint density at radius 2 is 1.73 bits per heavy atom. The van der Waals surface area contributed by atoms with Crippen molar-refractivity contribution in [3.05, 3.63) is 76.3 Å². The van der Waals surface area contributed by atoms with E-state index in [1.165, 1.54) is 17.4 Å². The lowest BCUT2D eigenvalue weighted by Crippen LogP contribution is -2.29. The summed E-state index contributed by atoms with van der Waals surface area (Å²) in [5.41, 5.74) is 1.43. The fourth-order valence-electron chi connectivity index (χ4n) is 2.79. The van der Waals surface area contributed by atoms with Gasteiger partial charge in [0.1, 0.15) is 0 Å². The van der Waals surface area contributed by atoms with Crippen molar-refractivity contribution in [1.82, 2.24) is 4.98 Å². The Morgan fingerprint density at radius 3 is 2.35 bits per heavy atom. The van der Waals surface area contributed by atoms with Crippen molar-refractivity contribution in [2.75, 3.05) is 10.2 Å². The predicted molar refractivity (Wildman–Crippen MR) is 98.8 cm³/mol. The van der Waals surface area contributed by atoms with E-state index in [-0.39, 0.29) is 5.91 Å². The van der Waals surface area contributed by atoms with Crippen LogP contribution in [0, 0.1) is 6.92 Å². The van der Waals surface area contributed by atoms with Crippen LogP contribution in [0.3, 0.4) is 0 Å². The van der Waals surface area contributed by atoms with Crippen LogP contribution < -0.4 is 10.2 Å². The van der Waals surface area contributed by atoms with Gasteiger partial charge in [0.25, 0.3) is 17.7 Å². The van der Waals surface area contributed by atoms with Crippen molar-refractivity contribution in [1.29, 1.82) is 0 Å². The van der Waals surface area contributed by atoms with Gasteiger partial charge >= 0.3 is 0 Å². The lowest BCUT2D eigenvalue weighted by atomic mass is 10.1. The molecule has 3 aromatic rings. The molecule has 0 radical (unpaired) electrons. The van der Waals surface area contributed by atoms with Crippen LogP contribution in [0.1, 0.15) is 36.0 Å². The summed E-state index contributed by atoms with van der Waals surface area (Å²) in [6, 6.07) is 13.1. The van der Waals surface area contributed by atoms with Gasteiger partial charge in [-0.1, -0.05) is 18.2 Å². The highest BCUT2D eigenvalue weighted by Gasteiger charge is 2.36. The maximum absolute atomic E-state index is 12.6. The SMILES string of the molecule is Cc1cnc(NC(=O)c2cccc(N3C(=O)c4ccccc4C3=O)c2)s1. The second-order valence-electron chi connectivity index (χ2n) is 5.77. The molecule has 2 aromatic carbocycles. The molecule has 1 N–H and O–H groups in total. The minimum absolute atomic E-state index is 0.340. The van der Waals surface area contributed by atoms with Crippen LogP contribution >= 0.6 is 11.3 Å². The van der Waals surface area contributed by atoms with Crippen LogP contribution in [0.2, 0.25) is 0 Å². The van der Waals surface area contributed by atoms with E-state index in [1.807, 2.05) is 6.92 Å². The number of rotatable bonds is 3. The number of benzene rings is 2. The second-order valence-corrected chi connectivity index (χ2v) is 7.01. The van der Waals surface area contributed by atoms with Crippen LogP contribution in [-0.2, 0) is 0 Å². The Hall–Kier alpha value is -3.32. The number of hydrogen-bond donors (Lipinski definition) is 1. The number of imide groups is 1. The molecule has 4 rings (SSSR count). The Kier molecular flexibility index (Phi) is 3.85. The summed E-state index contributed by atoms with van der Waals surface area (Å²) in [7, 11) is 0. The van der Waals surface area contributed by atoms with E-state index < -0.39 is 11.8 Å². The topological polar surface area (TPSA) is 79.4 Å². The zero-order chi connectivity index (χ0) is 18.3. The molecule has 0 bridgehead atoms. The lowest BCUT2D eigenvalue weighted by Gasteiger charge is -2.14. The molecule has 0 aliphatic carbocycles. The van der Waals surface area contributed by atoms with Gasteiger partial charge in [-0.3, -0.25) is 19.7 Å². The molecule has 2 heterocycles. The monoisotopic (exact) mass is 363 g/mol. The third-order valence-electron chi connectivity index (χ3n) is 4.00. The molecule has 0 saturated heterocycles. The Morgan fingerprint density at radius 1 is 1.04 bits per heavy atom. The largest absolute Gasteiger partial charge is 0.298 e. The lowest BCUT2D eigenvalue weighted by molar-refractivity contribution is 0.0924. The quantitative estimate of drug-likeness (QED) is 0.722. The van der Waals surface area contributed by atoms with Gasteiger partial charge in [-0.05, 0) is 37.3 Å². The van der Waals surface area contributed by atoms with Crippen molar-refractivity contribution in [3.63, 3.8) is 0 Å². The zero-order valence-electron chi connectivity index (χ0n) is 13.7. The molecule has 6 nitrogen and oxygen atoms in total. The number of nitrogens with zero attached hydrogens (tertiary/aromatic N) is 2. The van der Waals surface area contributed by atoms with Gasteiger partial charge in [-0.25, -0.2) is 9.88 Å². The number of thiazole rings is 1. The van der Waals surface area contributed by atoms with E-state index in [2.05, 4.69) is 10.3 Å². The average Bonchev–Trinajstić information content (AvgIpc) is 3.17. The molecule has 0 unspecified atom stereocenters. The summed E-state index contributed by atoms with van der Waals surface area (Å²) >= 11 is 1.37. The molecule has 0 saturated carbocycles. The number of aromatic nitrogens is 1. The fraction of sp³-hybridized carbons (Fsp3) is 0.0526. The van der Waals surface area contributed by atoms with Gasteiger partial charge in [0.2, 0.25) is 0 Å². The highest BCUT2D eigenvalue weighted by atomic mass is 32.1. The maximum atomic E-state index is 12.6. The van der Waals surface area contributed by atoms with Crippen molar-refractivity contribution >= 4 is 39.9 Å². The van der Waals surface area contributed by atoms with Gasteiger partial charge in [0, 0.05) is 16.6 Å². The highest BCUT2D eigenvalue weighted by molar-refractivity contribution is 7.15. The number of hydrogen-bond acceptors (Lipinski definition) is 5. The summed E-state index contributed by atoms with van der Waals surface area (Å²) < 4.78 is 0. The van der Waals surface area contributed by atoms with Crippen LogP contribution in [0.4, 0.5) is 10.8 Å². The zero-order valence-corrected chi connectivity index (χ0v) is 14.5. The third kappa shape index (κ3) is 2.68. The number of carbonyl (C=O) groups is 3. The van der Waals surface area contributed by atoms with Crippen LogP contribution in [0.5, 0.6) is 0 Å². The van der Waals surface area contributed by atoms with Crippen molar-refractivity contribution in [3.8, 4) is 0 Å². The molecular formula is C19H13N3O3S. The first kappa shape index (κ1) is 16.2. The molecule has 0 fully saturated rings.